The molecule has 0 fully saturated rings. The van der Waals surface area contributed by atoms with Gasteiger partial charge in [0.15, 0.2) is 0 Å². The maximum absolute atomic E-state index is 7.51. The fraction of sp³-hybridized carbons (Fsp3) is 0. The zero-order chi connectivity index (χ0) is 13.1. The number of hydrogen-bond acceptors (Lipinski definition) is 2. The van der Waals surface area contributed by atoms with E-state index in [1.807, 2.05) is 0 Å². The molecular formula is C13H10Cl2N2O. The quantitative estimate of drug-likeness (QED) is 0.658. The Bertz CT molecular complexity index is 599. The van der Waals surface area contributed by atoms with E-state index in [-0.39, 0.29) is 5.84 Å². The van der Waals surface area contributed by atoms with Gasteiger partial charge >= 0.3 is 0 Å². The van der Waals surface area contributed by atoms with Gasteiger partial charge in [-0.05, 0) is 30.3 Å². The van der Waals surface area contributed by atoms with Crippen molar-refractivity contribution in [3.63, 3.8) is 0 Å². The molecule has 2 aromatic rings. The summed E-state index contributed by atoms with van der Waals surface area (Å²) < 4.78 is 5.64. The minimum absolute atomic E-state index is 0.141. The molecule has 2 aromatic carbocycles. The highest BCUT2D eigenvalue weighted by molar-refractivity contribution is 6.34. The zero-order valence-electron chi connectivity index (χ0n) is 9.28. The van der Waals surface area contributed by atoms with Crippen LogP contribution in [0.2, 0.25) is 10.0 Å². The summed E-state index contributed by atoms with van der Waals surface area (Å²) in [6.45, 7) is 0. The number of nitrogens with one attached hydrogen (secondary N) is 1. The van der Waals surface area contributed by atoms with E-state index in [0.717, 1.165) is 0 Å². The second kappa shape index (κ2) is 5.29. The standard InChI is InChI=1S/C13H10Cl2N2O/c14-8-3-1-4-9(7-8)18-11-6-2-5-10(15)12(11)13(16)17/h1-7H,(H3,16,17). The maximum atomic E-state index is 7.51. The molecule has 0 heterocycles. The number of amidine groups is 1. The average Bonchev–Trinajstić information content (AvgIpc) is 2.28. The van der Waals surface area contributed by atoms with Gasteiger partial charge in [0.2, 0.25) is 0 Å². The van der Waals surface area contributed by atoms with Gasteiger partial charge in [0.1, 0.15) is 17.3 Å². The molecule has 3 N–H and O–H groups in total. The number of halogens is 2. The van der Waals surface area contributed by atoms with Crippen molar-refractivity contribution < 1.29 is 4.74 Å². The van der Waals surface area contributed by atoms with Crippen molar-refractivity contribution in [2.45, 2.75) is 0 Å². The lowest BCUT2D eigenvalue weighted by Gasteiger charge is -2.11. The summed E-state index contributed by atoms with van der Waals surface area (Å²) in [6, 6.07) is 12.0. The summed E-state index contributed by atoms with van der Waals surface area (Å²) in [5, 5.41) is 8.46. The lowest BCUT2D eigenvalue weighted by Crippen LogP contribution is -2.13. The summed E-state index contributed by atoms with van der Waals surface area (Å²) >= 11 is 11.9. The molecule has 0 aromatic heterocycles. The van der Waals surface area contributed by atoms with Gasteiger partial charge in [-0.15, -0.1) is 0 Å². The highest BCUT2D eigenvalue weighted by Crippen LogP contribution is 2.30. The van der Waals surface area contributed by atoms with Gasteiger partial charge < -0.3 is 10.5 Å². The molecule has 0 amide bonds. The Kier molecular flexibility index (Phi) is 3.75. The van der Waals surface area contributed by atoms with E-state index < -0.39 is 0 Å². The van der Waals surface area contributed by atoms with Crippen molar-refractivity contribution in [2.75, 3.05) is 0 Å². The van der Waals surface area contributed by atoms with Gasteiger partial charge in [-0.1, -0.05) is 35.3 Å². The fourth-order valence-corrected chi connectivity index (χ4v) is 1.96. The number of nitrogen functional groups attached to an aromatic ring is 1. The first-order valence-corrected chi connectivity index (χ1v) is 5.90. The molecule has 0 saturated heterocycles. The average molecular weight is 281 g/mol. The number of ether oxygens (including phenoxy) is 1. The van der Waals surface area contributed by atoms with Crippen molar-refractivity contribution in [1.29, 1.82) is 5.41 Å². The van der Waals surface area contributed by atoms with Crippen LogP contribution in [-0.4, -0.2) is 5.84 Å². The van der Waals surface area contributed by atoms with Crippen LogP contribution in [0.4, 0.5) is 0 Å². The number of hydrogen-bond donors (Lipinski definition) is 2. The second-order valence-corrected chi connectivity index (χ2v) is 4.43. The van der Waals surface area contributed by atoms with Gasteiger partial charge in [-0.3, -0.25) is 5.41 Å². The van der Waals surface area contributed by atoms with Crippen molar-refractivity contribution >= 4 is 29.0 Å². The Morgan fingerprint density at radius 2 is 1.83 bits per heavy atom. The maximum Gasteiger partial charge on any atom is 0.139 e. The monoisotopic (exact) mass is 280 g/mol. The summed E-state index contributed by atoms with van der Waals surface area (Å²) in [6.07, 6.45) is 0. The Morgan fingerprint density at radius 3 is 2.50 bits per heavy atom. The molecule has 0 unspecified atom stereocenters. The topological polar surface area (TPSA) is 59.1 Å². The van der Waals surface area contributed by atoms with E-state index in [1.165, 1.54) is 0 Å². The van der Waals surface area contributed by atoms with Crippen LogP contribution in [0.5, 0.6) is 11.5 Å². The van der Waals surface area contributed by atoms with Gasteiger partial charge in [-0.25, -0.2) is 0 Å². The van der Waals surface area contributed by atoms with Crippen molar-refractivity contribution in [2.24, 2.45) is 5.73 Å². The molecule has 3 nitrogen and oxygen atoms in total. The molecule has 18 heavy (non-hydrogen) atoms. The Labute approximate surface area is 115 Å². The third kappa shape index (κ3) is 2.75. The molecule has 0 atom stereocenters. The van der Waals surface area contributed by atoms with Crippen LogP contribution in [0.3, 0.4) is 0 Å². The third-order valence-electron chi connectivity index (χ3n) is 2.27. The first-order chi connectivity index (χ1) is 8.58. The van der Waals surface area contributed by atoms with Crippen LogP contribution in [0, 0.1) is 5.41 Å². The first kappa shape index (κ1) is 12.7. The van der Waals surface area contributed by atoms with Crippen LogP contribution >= 0.6 is 23.2 Å². The lowest BCUT2D eigenvalue weighted by molar-refractivity contribution is 0.481. The number of benzene rings is 2. The number of rotatable bonds is 3. The molecule has 0 saturated carbocycles. The number of nitrogens with two attached hydrogens (primary N) is 1. The molecule has 0 aliphatic heterocycles. The summed E-state index contributed by atoms with van der Waals surface area (Å²) in [4.78, 5) is 0. The minimum atomic E-state index is -0.141. The SMILES string of the molecule is N=C(N)c1c(Cl)cccc1Oc1cccc(Cl)c1. The van der Waals surface area contributed by atoms with Gasteiger partial charge in [0.25, 0.3) is 0 Å². The van der Waals surface area contributed by atoms with E-state index in [0.29, 0.717) is 27.1 Å². The first-order valence-electron chi connectivity index (χ1n) is 5.14. The largest absolute Gasteiger partial charge is 0.456 e. The van der Waals surface area contributed by atoms with E-state index in [9.17, 15) is 0 Å². The predicted molar refractivity (Wildman–Crippen MR) is 74.0 cm³/mol. The highest BCUT2D eigenvalue weighted by Gasteiger charge is 2.11. The van der Waals surface area contributed by atoms with Crippen molar-refractivity contribution in [3.8, 4) is 11.5 Å². The fourth-order valence-electron chi connectivity index (χ4n) is 1.51. The third-order valence-corrected chi connectivity index (χ3v) is 2.82. The molecule has 0 spiro atoms. The smallest absolute Gasteiger partial charge is 0.139 e. The molecule has 0 radical (unpaired) electrons. The summed E-state index contributed by atoms with van der Waals surface area (Å²) in [7, 11) is 0. The van der Waals surface area contributed by atoms with Crippen LogP contribution in [0.15, 0.2) is 42.5 Å². The van der Waals surface area contributed by atoms with Crippen LogP contribution in [-0.2, 0) is 0 Å². The predicted octanol–water partition coefficient (Wildman–Crippen LogP) is 4.07. The zero-order valence-corrected chi connectivity index (χ0v) is 10.8. The summed E-state index contributed by atoms with van der Waals surface area (Å²) in [5.74, 6) is 0.849. The molecule has 92 valence electrons. The molecule has 0 aliphatic carbocycles. The van der Waals surface area contributed by atoms with Crippen molar-refractivity contribution in [3.05, 3.63) is 58.1 Å². The Morgan fingerprint density at radius 1 is 1.11 bits per heavy atom. The highest BCUT2D eigenvalue weighted by atomic mass is 35.5. The minimum Gasteiger partial charge on any atom is -0.456 e. The molecule has 5 heteroatoms. The molecule has 0 aliphatic rings. The Balaban J connectivity index is 2.40. The van der Waals surface area contributed by atoms with E-state index in [1.54, 1.807) is 42.5 Å². The van der Waals surface area contributed by atoms with Crippen molar-refractivity contribution in [1.82, 2.24) is 0 Å². The Hall–Kier alpha value is -1.71. The van der Waals surface area contributed by atoms with E-state index in [2.05, 4.69) is 0 Å². The summed E-state index contributed by atoms with van der Waals surface area (Å²) in [5.41, 5.74) is 5.87. The molecule has 0 bridgehead atoms. The van der Waals surface area contributed by atoms with Crippen LogP contribution in [0.25, 0.3) is 0 Å². The molecule has 2 rings (SSSR count). The van der Waals surface area contributed by atoms with Crippen LogP contribution in [0.1, 0.15) is 5.56 Å². The van der Waals surface area contributed by atoms with Gasteiger partial charge in [-0.2, -0.15) is 0 Å². The van der Waals surface area contributed by atoms with E-state index in [4.69, 9.17) is 39.1 Å². The van der Waals surface area contributed by atoms with E-state index >= 15 is 0 Å². The molecular weight excluding hydrogens is 271 g/mol. The van der Waals surface area contributed by atoms with Gasteiger partial charge in [0, 0.05) is 5.02 Å². The second-order valence-electron chi connectivity index (χ2n) is 3.59. The van der Waals surface area contributed by atoms with Gasteiger partial charge in [0.05, 0.1) is 10.6 Å². The van der Waals surface area contributed by atoms with Crippen LogP contribution < -0.4 is 10.5 Å². The lowest BCUT2D eigenvalue weighted by atomic mass is 10.2. The normalized spacial score (nSPS) is 10.1.